The molecule has 1 fully saturated rings. The van der Waals surface area contributed by atoms with Crippen LogP contribution < -0.4 is 9.47 Å². The maximum Gasteiger partial charge on any atom is 0.175 e. The summed E-state index contributed by atoms with van der Waals surface area (Å²) >= 11 is 3.31. The lowest BCUT2D eigenvalue weighted by atomic mass is 10.1. The minimum absolute atomic E-state index is 0.291. The zero-order valence-corrected chi connectivity index (χ0v) is 11.3. The van der Waals surface area contributed by atoms with Crippen molar-refractivity contribution in [2.24, 2.45) is 0 Å². The van der Waals surface area contributed by atoms with Crippen LogP contribution in [0.25, 0.3) is 0 Å². The van der Waals surface area contributed by atoms with Gasteiger partial charge in [0.15, 0.2) is 11.5 Å². The van der Waals surface area contributed by atoms with Crippen molar-refractivity contribution >= 4 is 15.9 Å². The molecular weight excluding hydrogens is 291 g/mol. The van der Waals surface area contributed by atoms with Crippen LogP contribution in [0.4, 0.5) is 4.39 Å². The summed E-state index contributed by atoms with van der Waals surface area (Å²) in [5.41, 5.74) is -0.314. The van der Waals surface area contributed by atoms with Crippen molar-refractivity contribution < 1.29 is 19.0 Å². The molecule has 1 aliphatic carbocycles. The highest BCUT2D eigenvalue weighted by Crippen LogP contribution is 2.44. The van der Waals surface area contributed by atoms with E-state index in [0.717, 1.165) is 0 Å². The Kier molecular flexibility index (Phi) is 3.32. The topological polar surface area (TPSA) is 38.7 Å². The summed E-state index contributed by atoms with van der Waals surface area (Å²) in [6.07, 6.45) is 1.72. The van der Waals surface area contributed by atoms with Crippen molar-refractivity contribution in [2.75, 3.05) is 14.2 Å². The molecule has 1 aromatic carbocycles. The third-order valence-corrected chi connectivity index (χ3v) is 3.83. The first-order chi connectivity index (χ1) is 8.00. The van der Waals surface area contributed by atoms with E-state index in [9.17, 15) is 9.50 Å². The Morgan fingerprint density at radius 1 is 1.41 bits per heavy atom. The van der Waals surface area contributed by atoms with Crippen LogP contribution in [-0.4, -0.2) is 24.9 Å². The fourth-order valence-electron chi connectivity index (χ4n) is 1.77. The van der Waals surface area contributed by atoms with E-state index in [1.807, 2.05) is 0 Å². The Bertz CT molecular complexity index is 444. The van der Waals surface area contributed by atoms with Crippen LogP contribution >= 0.6 is 15.9 Å². The summed E-state index contributed by atoms with van der Waals surface area (Å²) in [4.78, 5) is 0. The molecule has 1 N–H and O–H groups in total. The van der Waals surface area contributed by atoms with Gasteiger partial charge in [-0.3, -0.25) is 0 Å². The molecule has 94 valence electrons. The quantitative estimate of drug-likeness (QED) is 0.929. The Balaban J connectivity index is 2.44. The molecule has 1 aromatic rings. The van der Waals surface area contributed by atoms with E-state index in [0.29, 0.717) is 40.8 Å². The predicted octanol–water partition coefficient (Wildman–Crippen LogP) is 2.67. The molecule has 17 heavy (non-hydrogen) atoms. The second-order valence-corrected chi connectivity index (χ2v) is 5.08. The van der Waals surface area contributed by atoms with E-state index in [1.165, 1.54) is 20.3 Å². The fourth-order valence-corrected chi connectivity index (χ4v) is 2.46. The molecular formula is C12H14BrFO3. The van der Waals surface area contributed by atoms with Crippen LogP contribution in [0.5, 0.6) is 11.5 Å². The standard InChI is InChI=1S/C12H14BrFO3/c1-16-9-5-8(14)7(6-12(15)3-4-12)10(13)11(9)17-2/h5,15H,3-4,6H2,1-2H3. The lowest BCUT2D eigenvalue weighted by molar-refractivity contribution is 0.149. The highest BCUT2D eigenvalue weighted by atomic mass is 79.9. The summed E-state index contributed by atoms with van der Waals surface area (Å²) in [5, 5.41) is 9.86. The van der Waals surface area contributed by atoms with Gasteiger partial charge in [-0.05, 0) is 28.8 Å². The second kappa shape index (κ2) is 4.46. The summed E-state index contributed by atoms with van der Waals surface area (Å²) in [7, 11) is 2.95. The number of benzene rings is 1. The van der Waals surface area contributed by atoms with Crippen LogP contribution in [0.2, 0.25) is 0 Å². The van der Waals surface area contributed by atoms with E-state index in [1.54, 1.807) is 0 Å². The Morgan fingerprint density at radius 2 is 2.06 bits per heavy atom. The van der Waals surface area contributed by atoms with E-state index in [4.69, 9.17) is 9.47 Å². The molecule has 1 saturated carbocycles. The van der Waals surface area contributed by atoms with Gasteiger partial charge >= 0.3 is 0 Å². The van der Waals surface area contributed by atoms with Crippen LogP contribution in [0, 0.1) is 5.82 Å². The highest BCUT2D eigenvalue weighted by Gasteiger charge is 2.41. The maximum absolute atomic E-state index is 13.9. The number of rotatable bonds is 4. The number of methoxy groups -OCH3 is 2. The Hall–Kier alpha value is -0.810. The molecule has 0 aliphatic heterocycles. The SMILES string of the molecule is COc1cc(F)c(CC2(O)CC2)c(Br)c1OC. The summed E-state index contributed by atoms with van der Waals surface area (Å²) in [6.45, 7) is 0. The van der Waals surface area contributed by atoms with Gasteiger partial charge in [0.05, 0.1) is 24.3 Å². The number of aliphatic hydroxyl groups is 1. The molecule has 0 bridgehead atoms. The Morgan fingerprint density at radius 3 is 2.53 bits per heavy atom. The van der Waals surface area contributed by atoms with Crippen molar-refractivity contribution in [3.05, 3.63) is 21.9 Å². The zero-order chi connectivity index (χ0) is 12.6. The van der Waals surface area contributed by atoms with Crippen molar-refractivity contribution in [1.29, 1.82) is 0 Å². The highest BCUT2D eigenvalue weighted by molar-refractivity contribution is 9.10. The third kappa shape index (κ3) is 2.40. The van der Waals surface area contributed by atoms with E-state index >= 15 is 0 Å². The Labute approximate surface area is 108 Å². The minimum atomic E-state index is -0.747. The monoisotopic (exact) mass is 304 g/mol. The van der Waals surface area contributed by atoms with E-state index in [2.05, 4.69) is 15.9 Å². The number of hydrogen-bond acceptors (Lipinski definition) is 3. The summed E-state index contributed by atoms with van der Waals surface area (Å²) in [6, 6.07) is 1.28. The largest absolute Gasteiger partial charge is 0.493 e. The van der Waals surface area contributed by atoms with Gasteiger partial charge < -0.3 is 14.6 Å². The maximum atomic E-state index is 13.9. The van der Waals surface area contributed by atoms with Gasteiger partial charge in [-0.15, -0.1) is 0 Å². The predicted molar refractivity (Wildman–Crippen MR) is 65.1 cm³/mol. The smallest absolute Gasteiger partial charge is 0.175 e. The van der Waals surface area contributed by atoms with Gasteiger partial charge in [0, 0.05) is 18.1 Å². The average Bonchev–Trinajstić information content (AvgIpc) is 3.02. The molecule has 0 saturated heterocycles. The van der Waals surface area contributed by atoms with Crippen LogP contribution in [0.15, 0.2) is 10.5 Å². The first-order valence-corrected chi connectivity index (χ1v) is 6.11. The van der Waals surface area contributed by atoms with Crippen molar-refractivity contribution in [3.8, 4) is 11.5 Å². The van der Waals surface area contributed by atoms with Gasteiger partial charge in [-0.2, -0.15) is 0 Å². The van der Waals surface area contributed by atoms with Gasteiger partial charge in [-0.1, -0.05) is 0 Å². The third-order valence-electron chi connectivity index (χ3n) is 2.99. The van der Waals surface area contributed by atoms with E-state index in [-0.39, 0.29) is 0 Å². The molecule has 0 atom stereocenters. The molecule has 0 aromatic heterocycles. The molecule has 5 heteroatoms. The van der Waals surface area contributed by atoms with Crippen molar-refractivity contribution in [3.63, 3.8) is 0 Å². The van der Waals surface area contributed by atoms with Gasteiger partial charge in [0.25, 0.3) is 0 Å². The molecule has 3 nitrogen and oxygen atoms in total. The van der Waals surface area contributed by atoms with Crippen LogP contribution in [-0.2, 0) is 6.42 Å². The minimum Gasteiger partial charge on any atom is -0.493 e. The number of hydrogen-bond donors (Lipinski definition) is 1. The first kappa shape index (κ1) is 12.6. The molecule has 0 unspecified atom stereocenters. The molecule has 0 radical (unpaired) electrons. The summed E-state index contributed by atoms with van der Waals surface area (Å²) in [5.74, 6) is 0.395. The molecule has 1 aliphatic rings. The molecule has 2 rings (SSSR count). The molecule has 0 heterocycles. The number of halogens is 2. The lowest BCUT2D eigenvalue weighted by Crippen LogP contribution is -2.13. The second-order valence-electron chi connectivity index (χ2n) is 4.29. The molecule has 0 spiro atoms. The van der Waals surface area contributed by atoms with E-state index < -0.39 is 11.4 Å². The van der Waals surface area contributed by atoms with Crippen LogP contribution in [0.1, 0.15) is 18.4 Å². The van der Waals surface area contributed by atoms with Gasteiger partial charge in [0.2, 0.25) is 0 Å². The number of ether oxygens (including phenoxy) is 2. The normalized spacial score (nSPS) is 16.8. The first-order valence-electron chi connectivity index (χ1n) is 5.32. The average molecular weight is 305 g/mol. The van der Waals surface area contributed by atoms with Gasteiger partial charge in [0.1, 0.15) is 5.82 Å². The molecule has 0 amide bonds. The summed E-state index contributed by atoms with van der Waals surface area (Å²) < 4.78 is 24.6. The zero-order valence-electron chi connectivity index (χ0n) is 9.72. The fraction of sp³-hybridized carbons (Fsp3) is 0.500. The van der Waals surface area contributed by atoms with Crippen molar-refractivity contribution in [2.45, 2.75) is 24.9 Å². The lowest BCUT2D eigenvalue weighted by Gasteiger charge is -2.16. The van der Waals surface area contributed by atoms with Crippen LogP contribution in [0.3, 0.4) is 0 Å². The van der Waals surface area contributed by atoms with Gasteiger partial charge in [-0.25, -0.2) is 4.39 Å². The van der Waals surface area contributed by atoms with Crippen molar-refractivity contribution in [1.82, 2.24) is 0 Å².